The lowest BCUT2D eigenvalue weighted by molar-refractivity contribution is -0.241. The first-order chi connectivity index (χ1) is 13.6. The maximum Gasteiger partial charge on any atom is 0.186 e. The minimum absolute atomic E-state index is 0.108. The molecule has 0 aliphatic carbocycles. The van der Waals surface area contributed by atoms with Crippen molar-refractivity contribution in [2.24, 2.45) is 0 Å². The molecule has 150 valence electrons. The second-order valence-corrected chi connectivity index (χ2v) is 7.48. The Morgan fingerprint density at radius 2 is 1.46 bits per heavy atom. The summed E-state index contributed by atoms with van der Waals surface area (Å²) in [5.41, 5.74) is 1.27. The molecule has 2 aromatic rings. The van der Waals surface area contributed by atoms with Gasteiger partial charge in [0.2, 0.25) is 0 Å². The fraction of sp³-hybridized carbons (Fsp3) is 0.400. The Labute approximate surface area is 172 Å². The molecule has 0 radical (unpaired) electrons. The molecule has 4 rings (SSSR count). The van der Waals surface area contributed by atoms with Gasteiger partial charge in [0.15, 0.2) is 12.6 Å². The summed E-state index contributed by atoms with van der Waals surface area (Å²) in [6.07, 6.45) is -4.99. The number of rotatable bonds is 3. The summed E-state index contributed by atoms with van der Waals surface area (Å²) < 4.78 is 23.6. The summed E-state index contributed by atoms with van der Waals surface area (Å²) in [6.45, 7) is -0.314. The van der Waals surface area contributed by atoms with Gasteiger partial charge in [0.05, 0.1) is 13.2 Å². The molecule has 2 unspecified atom stereocenters. The quantitative estimate of drug-likeness (QED) is 0.784. The van der Waals surface area contributed by atoms with Crippen molar-refractivity contribution in [2.45, 2.75) is 37.0 Å². The highest BCUT2D eigenvalue weighted by atomic mass is 35.5. The molecular formula is C20H20Cl2O6. The number of hydrogen-bond acceptors (Lipinski definition) is 6. The summed E-state index contributed by atoms with van der Waals surface area (Å²) in [6, 6.07) is 14.3. The lowest BCUT2D eigenvalue weighted by atomic mass is 10.0. The van der Waals surface area contributed by atoms with Crippen LogP contribution in [0.2, 0.25) is 10.0 Å². The van der Waals surface area contributed by atoms with Gasteiger partial charge in [-0.2, -0.15) is 0 Å². The van der Waals surface area contributed by atoms with Crippen LogP contribution in [0.1, 0.15) is 23.7 Å². The van der Waals surface area contributed by atoms with E-state index in [4.69, 9.17) is 42.1 Å². The summed E-state index contributed by atoms with van der Waals surface area (Å²) in [7, 11) is 0. The SMILES string of the molecule is OC[C@H]1OC(c2ccccc2Cl)OC[C@@H]2OC(c3ccccc3Cl)O[C@@H]2[C@H]1O. The topological polar surface area (TPSA) is 77.4 Å². The molecular weight excluding hydrogens is 407 g/mol. The molecule has 6 nitrogen and oxygen atoms in total. The van der Waals surface area contributed by atoms with Crippen molar-refractivity contribution in [3.05, 3.63) is 69.7 Å². The molecule has 0 amide bonds. The minimum atomic E-state index is -1.13. The molecule has 2 aliphatic heterocycles. The Hall–Kier alpha value is -1.22. The van der Waals surface area contributed by atoms with Crippen molar-refractivity contribution in [1.82, 2.24) is 0 Å². The number of ether oxygens (including phenoxy) is 4. The molecule has 8 heteroatoms. The summed E-state index contributed by atoms with van der Waals surface area (Å²) in [5, 5.41) is 21.5. The van der Waals surface area contributed by atoms with Crippen molar-refractivity contribution >= 4 is 23.2 Å². The predicted octanol–water partition coefficient (Wildman–Crippen LogP) is 3.24. The third kappa shape index (κ3) is 3.92. The zero-order chi connectivity index (χ0) is 19.7. The van der Waals surface area contributed by atoms with Crippen LogP contribution in [0.3, 0.4) is 0 Å². The molecule has 0 bridgehead atoms. The van der Waals surface area contributed by atoms with E-state index in [0.29, 0.717) is 21.2 Å². The van der Waals surface area contributed by atoms with Crippen LogP contribution in [0.4, 0.5) is 0 Å². The molecule has 28 heavy (non-hydrogen) atoms. The first-order valence-electron chi connectivity index (χ1n) is 8.94. The highest BCUT2D eigenvalue weighted by Crippen LogP contribution is 2.39. The van der Waals surface area contributed by atoms with Crippen molar-refractivity contribution in [2.75, 3.05) is 13.2 Å². The molecule has 6 atom stereocenters. The van der Waals surface area contributed by atoms with Crippen molar-refractivity contribution in [3.8, 4) is 0 Å². The Morgan fingerprint density at radius 1 is 0.857 bits per heavy atom. The molecule has 2 N–H and O–H groups in total. The van der Waals surface area contributed by atoms with E-state index in [-0.39, 0.29) is 6.61 Å². The predicted molar refractivity (Wildman–Crippen MR) is 102 cm³/mol. The first kappa shape index (κ1) is 20.1. The van der Waals surface area contributed by atoms with Crippen LogP contribution in [0.15, 0.2) is 48.5 Å². The first-order valence-corrected chi connectivity index (χ1v) is 9.70. The average molecular weight is 427 g/mol. The van der Waals surface area contributed by atoms with Gasteiger partial charge in [-0.05, 0) is 12.1 Å². The number of halogens is 2. The fourth-order valence-corrected chi connectivity index (χ4v) is 3.85. The largest absolute Gasteiger partial charge is 0.394 e. The molecule has 2 aromatic carbocycles. The normalized spacial score (nSPS) is 33.1. The van der Waals surface area contributed by atoms with Crippen LogP contribution in [0.25, 0.3) is 0 Å². The average Bonchev–Trinajstić information content (AvgIpc) is 3.11. The third-order valence-electron chi connectivity index (χ3n) is 4.87. The lowest BCUT2D eigenvalue weighted by Crippen LogP contribution is -2.49. The highest BCUT2D eigenvalue weighted by Gasteiger charge is 2.47. The van der Waals surface area contributed by atoms with Gasteiger partial charge in [-0.3, -0.25) is 0 Å². The molecule has 0 spiro atoms. The monoisotopic (exact) mass is 426 g/mol. The van der Waals surface area contributed by atoms with Gasteiger partial charge >= 0.3 is 0 Å². The van der Waals surface area contributed by atoms with Gasteiger partial charge in [-0.15, -0.1) is 0 Å². The van der Waals surface area contributed by atoms with E-state index in [1.54, 1.807) is 30.3 Å². The van der Waals surface area contributed by atoms with Gasteiger partial charge in [-0.25, -0.2) is 0 Å². The molecule has 0 aromatic heterocycles. The van der Waals surface area contributed by atoms with Crippen LogP contribution < -0.4 is 0 Å². The Morgan fingerprint density at radius 3 is 2.07 bits per heavy atom. The van der Waals surface area contributed by atoms with E-state index in [1.165, 1.54) is 0 Å². The third-order valence-corrected chi connectivity index (χ3v) is 5.56. The maximum atomic E-state index is 10.8. The zero-order valence-corrected chi connectivity index (χ0v) is 16.3. The van der Waals surface area contributed by atoms with E-state index in [1.807, 2.05) is 18.2 Å². The maximum absolute atomic E-state index is 10.8. The van der Waals surface area contributed by atoms with Crippen LogP contribution in [0.5, 0.6) is 0 Å². The van der Waals surface area contributed by atoms with E-state index in [9.17, 15) is 10.2 Å². The summed E-state index contributed by atoms with van der Waals surface area (Å²) in [4.78, 5) is 0. The standard InChI is InChI=1S/C20H20Cl2O6/c21-13-7-3-1-5-11(13)19-25-10-16-18(17(24)15(9-23)26-19)28-20(27-16)12-6-2-4-8-14(12)22/h1-8,15-20,23-24H,9-10H2/t15-,16+,17+,18+,19?,20?/m1/s1. The fourth-order valence-electron chi connectivity index (χ4n) is 3.40. The number of benzene rings is 2. The van der Waals surface area contributed by atoms with Crippen LogP contribution in [0, 0.1) is 0 Å². The molecule has 2 aliphatic rings. The van der Waals surface area contributed by atoms with Gasteiger partial charge in [0.1, 0.15) is 24.4 Å². The highest BCUT2D eigenvalue weighted by molar-refractivity contribution is 6.31. The molecule has 2 saturated heterocycles. The zero-order valence-electron chi connectivity index (χ0n) is 14.8. The van der Waals surface area contributed by atoms with Crippen LogP contribution in [-0.2, 0) is 18.9 Å². The summed E-state index contributed by atoms with van der Waals surface area (Å²) >= 11 is 12.5. The minimum Gasteiger partial charge on any atom is -0.394 e. The van der Waals surface area contributed by atoms with Crippen molar-refractivity contribution in [1.29, 1.82) is 0 Å². The molecule has 0 saturated carbocycles. The number of hydrogen-bond donors (Lipinski definition) is 2. The Kier molecular flexibility index (Phi) is 6.20. The number of aliphatic hydroxyl groups is 2. The molecule has 2 heterocycles. The summed E-state index contributed by atoms with van der Waals surface area (Å²) in [5.74, 6) is 0. The van der Waals surface area contributed by atoms with Crippen molar-refractivity contribution in [3.63, 3.8) is 0 Å². The van der Waals surface area contributed by atoms with E-state index >= 15 is 0 Å². The van der Waals surface area contributed by atoms with Crippen LogP contribution in [-0.4, -0.2) is 47.8 Å². The van der Waals surface area contributed by atoms with E-state index in [2.05, 4.69) is 0 Å². The van der Waals surface area contributed by atoms with Gasteiger partial charge in [0.25, 0.3) is 0 Å². The Bertz CT molecular complexity index is 819. The smallest absolute Gasteiger partial charge is 0.186 e. The van der Waals surface area contributed by atoms with Crippen LogP contribution >= 0.6 is 23.2 Å². The lowest BCUT2D eigenvalue weighted by Gasteiger charge is -2.34. The Balaban J connectivity index is 1.59. The van der Waals surface area contributed by atoms with Gasteiger partial charge < -0.3 is 29.2 Å². The number of fused-ring (bicyclic) bond motifs is 1. The second-order valence-electron chi connectivity index (χ2n) is 6.66. The van der Waals surface area contributed by atoms with E-state index in [0.717, 1.165) is 0 Å². The number of aliphatic hydroxyl groups excluding tert-OH is 2. The molecule has 2 fully saturated rings. The van der Waals surface area contributed by atoms with Crippen molar-refractivity contribution < 1.29 is 29.2 Å². The van der Waals surface area contributed by atoms with Gasteiger partial charge in [-0.1, -0.05) is 59.6 Å². The van der Waals surface area contributed by atoms with Gasteiger partial charge in [0, 0.05) is 21.2 Å². The van der Waals surface area contributed by atoms with E-state index < -0.39 is 43.6 Å². The second kappa shape index (κ2) is 8.65.